The van der Waals surface area contributed by atoms with E-state index in [1.807, 2.05) is 0 Å². The third-order valence-corrected chi connectivity index (χ3v) is 4.93. The first-order chi connectivity index (χ1) is 8.47. The molecule has 0 saturated carbocycles. The van der Waals surface area contributed by atoms with Crippen LogP contribution in [-0.4, -0.2) is 32.2 Å². The highest BCUT2D eigenvalue weighted by Gasteiger charge is 2.23. The molecular formula is C12H18N2O3S. The molecule has 0 aliphatic rings. The van der Waals surface area contributed by atoms with Crippen molar-refractivity contribution in [3.05, 3.63) is 23.8 Å². The fraction of sp³-hybridized carbons (Fsp3) is 0.417. The average Bonchev–Trinajstić information content (AvgIpc) is 2.33. The van der Waals surface area contributed by atoms with Gasteiger partial charge in [-0.3, -0.25) is 4.79 Å². The highest BCUT2D eigenvalue weighted by Crippen LogP contribution is 2.23. The maximum absolute atomic E-state index is 12.4. The average molecular weight is 270 g/mol. The summed E-state index contributed by atoms with van der Waals surface area (Å²) in [6, 6.07) is 4.84. The molecule has 0 atom stereocenters. The Kier molecular flexibility index (Phi) is 4.86. The predicted octanol–water partition coefficient (Wildman–Crippen LogP) is 1.59. The fourth-order valence-electron chi connectivity index (χ4n) is 1.74. The SMILES string of the molecule is CCN(CC)S(=O)(=O)c1cc(NC=O)ccc1C. The Morgan fingerprint density at radius 3 is 2.39 bits per heavy atom. The molecule has 0 bridgehead atoms. The van der Waals surface area contributed by atoms with Crippen molar-refractivity contribution < 1.29 is 13.2 Å². The minimum atomic E-state index is -3.50. The predicted molar refractivity (Wildman–Crippen MR) is 71.0 cm³/mol. The van der Waals surface area contributed by atoms with E-state index in [1.165, 1.54) is 10.4 Å². The molecule has 0 saturated heterocycles. The Morgan fingerprint density at radius 1 is 1.28 bits per heavy atom. The number of amides is 1. The highest BCUT2D eigenvalue weighted by atomic mass is 32.2. The van der Waals surface area contributed by atoms with Gasteiger partial charge in [-0.1, -0.05) is 19.9 Å². The normalized spacial score (nSPS) is 11.6. The summed E-state index contributed by atoms with van der Waals surface area (Å²) in [7, 11) is -3.50. The van der Waals surface area contributed by atoms with Crippen LogP contribution < -0.4 is 5.32 Å². The van der Waals surface area contributed by atoms with Crippen LogP contribution in [0.15, 0.2) is 23.1 Å². The summed E-state index contributed by atoms with van der Waals surface area (Å²) in [5, 5.41) is 2.46. The molecule has 1 aromatic rings. The lowest BCUT2D eigenvalue weighted by Crippen LogP contribution is -2.31. The summed E-state index contributed by atoms with van der Waals surface area (Å²) in [5.74, 6) is 0. The van der Waals surface area contributed by atoms with E-state index in [1.54, 1.807) is 32.9 Å². The number of nitrogens with zero attached hydrogens (tertiary/aromatic N) is 1. The summed E-state index contributed by atoms with van der Waals surface area (Å²) in [5.41, 5.74) is 1.14. The van der Waals surface area contributed by atoms with Crippen molar-refractivity contribution >= 4 is 22.1 Å². The number of nitrogens with one attached hydrogen (secondary N) is 1. The van der Waals surface area contributed by atoms with Gasteiger partial charge in [0.05, 0.1) is 4.90 Å². The van der Waals surface area contributed by atoms with Crippen LogP contribution in [-0.2, 0) is 14.8 Å². The van der Waals surface area contributed by atoms with Gasteiger partial charge >= 0.3 is 0 Å². The second-order valence-corrected chi connectivity index (χ2v) is 5.74. The van der Waals surface area contributed by atoms with Gasteiger partial charge in [-0.15, -0.1) is 0 Å². The van der Waals surface area contributed by atoms with Crippen LogP contribution in [0, 0.1) is 6.92 Å². The van der Waals surface area contributed by atoms with E-state index in [0.717, 1.165) is 0 Å². The van der Waals surface area contributed by atoms with Crippen molar-refractivity contribution in [2.45, 2.75) is 25.7 Å². The van der Waals surface area contributed by atoms with Gasteiger partial charge in [0.2, 0.25) is 16.4 Å². The molecule has 6 heteroatoms. The zero-order chi connectivity index (χ0) is 13.8. The largest absolute Gasteiger partial charge is 0.329 e. The summed E-state index contributed by atoms with van der Waals surface area (Å²) in [4.78, 5) is 10.6. The monoisotopic (exact) mass is 270 g/mol. The molecule has 1 N–H and O–H groups in total. The van der Waals surface area contributed by atoms with E-state index in [4.69, 9.17) is 0 Å². The van der Waals surface area contributed by atoms with Crippen LogP contribution in [0.5, 0.6) is 0 Å². The van der Waals surface area contributed by atoms with Crippen molar-refractivity contribution in [1.82, 2.24) is 4.31 Å². The van der Waals surface area contributed by atoms with Gasteiger partial charge in [-0.05, 0) is 24.6 Å². The third kappa shape index (κ3) is 2.88. The topological polar surface area (TPSA) is 66.5 Å². The van der Waals surface area contributed by atoms with E-state index in [0.29, 0.717) is 30.8 Å². The zero-order valence-electron chi connectivity index (χ0n) is 10.8. The molecule has 18 heavy (non-hydrogen) atoms. The number of rotatable bonds is 6. The second kappa shape index (κ2) is 5.97. The number of hydrogen-bond donors (Lipinski definition) is 1. The number of anilines is 1. The van der Waals surface area contributed by atoms with Gasteiger partial charge in [0.25, 0.3) is 0 Å². The quantitative estimate of drug-likeness (QED) is 0.798. The van der Waals surface area contributed by atoms with Crippen LogP contribution in [0.3, 0.4) is 0 Å². The maximum Gasteiger partial charge on any atom is 0.243 e. The third-order valence-electron chi connectivity index (χ3n) is 2.74. The summed E-state index contributed by atoms with van der Waals surface area (Å²) in [6.45, 7) is 6.17. The molecule has 0 radical (unpaired) electrons. The molecular weight excluding hydrogens is 252 g/mol. The lowest BCUT2D eigenvalue weighted by molar-refractivity contribution is -0.105. The molecule has 0 aromatic heterocycles. The lowest BCUT2D eigenvalue weighted by atomic mass is 10.2. The van der Waals surface area contributed by atoms with Crippen LogP contribution >= 0.6 is 0 Å². The van der Waals surface area contributed by atoms with Crippen molar-refractivity contribution in [2.24, 2.45) is 0 Å². The van der Waals surface area contributed by atoms with Gasteiger partial charge < -0.3 is 5.32 Å². The number of sulfonamides is 1. The van der Waals surface area contributed by atoms with E-state index in [9.17, 15) is 13.2 Å². The number of aryl methyl sites for hydroxylation is 1. The Balaban J connectivity index is 3.30. The standard InChI is InChI=1S/C12H18N2O3S/c1-4-14(5-2)18(16,17)12-8-11(13-9-15)7-6-10(12)3/h6-9H,4-5H2,1-3H3,(H,13,15). The van der Waals surface area contributed by atoms with Gasteiger partial charge in [-0.2, -0.15) is 4.31 Å². The van der Waals surface area contributed by atoms with E-state index in [2.05, 4.69) is 5.32 Å². The van der Waals surface area contributed by atoms with Crippen molar-refractivity contribution in [3.63, 3.8) is 0 Å². The zero-order valence-corrected chi connectivity index (χ0v) is 11.6. The minimum Gasteiger partial charge on any atom is -0.329 e. The first kappa shape index (κ1) is 14.7. The molecule has 1 aromatic carbocycles. The molecule has 0 fully saturated rings. The molecule has 1 rings (SSSR count). The first-order valence-corrected chi connectivity index (χ1v) is 7.22. The molecule has 0 heterocycles. The molecule has 0 spiro atoms. The number of carbonyl (C=O) groups excluding carboxylic acids is 1. The molecule has 100 valence electrons. The Hall–Kier alpha value is -1.40. The molecule has 1 amide bonds. The molecule has 0 unspecified atom stereocenters. The Labute approximate surface area is 108 Å². The van der Waals surface area contributed by atoms with Gasteiger partial charge in [0, 0.05) is 18.8 Å². The first-order valence-electron chi connectivity index (χ1n) is 5.78. The van der Waals surface area contributed by atoms with Crippen molar-refractivity contribution in [1.29, 1.82) is 0 Å². The maximum atomic E-state index is 12.4. The summed E-state index contributed by atoms with van der Waals surface area (Å²) >= 11 is 0. The smallest absolute Gasteiger partial charge is 0.243 e. The highest BCUT2D eigenvalue weighted by molar-refractivity contribution is 7.89. The van der Waals surface area contributed by atoms with Gasteiger partial charge in [-0.25, -0.2) is 8.42 Å². The van der Waals surface area contributed by atoms with Gasteiger partial charge in [0.15, 0.2) is 0 Å². The number of carbonyl (C=O) groups is 1. The lowest BCUT2D eigenvalue weighted by Gasteiger charge is -2.20. The number of hydrogen-bond acceptors (Lipinski definition) is 3. The minimum absolute atomic E-state index is 0.234. The van der Waals surface area contributed by atoms with Crippen LogP contribution in [0.4, 0.5) is 5.69 Å². The summed E-state index contributed by atoms with van der Waals surface area (Å²) in [6.07, 6.45) is 0.526. The fourth-order valence-corrected chi connectivity index (χ4v) is 3.45. The second-order valence-electron chi connectivity index (χ2n) is 3.83. The molecule has 5 nitrogen and oxygen atoms in total. The van der Waals surface area contributed by atoms with E-state index < -0.39 is 10.0 Å². The molecule has 0 aliphatic heterocycles. The Bertz CT molecular complexity index is 522. The van der Waals surface area contributed by atoms with Gasteiger partial charge in [0.1, 0.15) is 0 Å². The van der Waals surface area contributed by atoms with Crippen LogP contribution in [0.1, 0.15) is 19.4 Å². The van der Waals surface area contributed by atoms with Crippen LogP contribution in [0.2, 0.25) is 0 Å². The van der Waals surface area contributed by atoms with Crippen LogP contribution in [0.25, 0.3) is 0 Å². The van der Waals surface area contributed by atoms with E-state index in [-0.39, 0.29) is 4.90 Å². The van der Waals surface area contributed by atoms with Crippen molar-refractivity contribution in [2.75, 3.05) is 18.4 Å². The summed E-state index contributed by atoms with van der Waals surface area (Å²) < 4.78 is 26.2. The van der Waals surface area contributed by atoms with E-state index >= 15 is 0 Å². The molecule has 0 aliphatic carbocycles. The van der Waals surface area contributed by atoms with Crippen molar-refractivity contribution in [3.8, 4) is 0 Å². The Morgan fingerprint density at radius 2 is 1.89 bits per heavy atom. The number of benzene rings is 1.